The molecule has 6 nitrogen and oxygen atoms in total. The highest BCUT2D eigenvalue weighted by Crippen LogP contribution is 2.33. The molecule has 1 heterocycles. The normalized spacial score (nSPS) is 11.2. The van der Waals surface area contributed by atoms with Crippen LogP contribution in [0.2, 0.25) is 0 Å². The van der Waals surface area contributed by atoms with E-state index in [4.69, 9.17) is 0 Å². The monoisotopic (exact) mass is 339 g/mol. The van der Waals surface area contributed by atoms with Gasteiger partial charge in [0.1, 0.15) is 5.56 Å². The number of aryl methyl sites for hydroxylation is 1. The van der Waals surface area contributed by atoms with Crippen molar-refractivity contribution in [3.63, 3.8) is 0 Å². The molecule has 0 bridgehead atoms. The molecule has 0 aliphatic rings. The maximum atomic E-state index is 12.6. The SMILES string of the molecule is Cc1ccc(CNC(=O)c2ccc(C(F)(F)F)cc2[N+](=O)[O-])cn1. The fourth-order valence-electron chi connectivity index (χ4n) is 1.93. The van der Waals surface area contributed by atoms with Gasteiger partial charge in [-0.3, -0.25) is 19.9 Å². The molecule has 1 N–H and O–H groups in total. The van der Waals surface area contributed by atoms with Crippen LogP contribution in [0.4, 0.5) is 18.9 Å². The van der Waals surface area contributed by atoms with Gasteiger partial charge in [0.25, 0.3) is 11.6 Å². The summed E-state index contributed by atoms with van der Waals surface area (Å²) in [6, 6.07) is 5.22. The van der Waals surface area contributed by atoms with Crippen LogP contribution in [-0.2, 0) is 12.7 Å². The van der Waals surface area contributed by atoms with E-state index in [2.05, 4.69) is 10.3 Å². The Morgan fingerprint density at radius 3 is 2.54 bits per heavy atom. The fourth-order valence-corrected chi connectivity index (χ4v) is 1.93. The second kappa shape index (κ2) is 6.65. The lowest BCUT2D eigenvalue weighted by Gasteiger charge is -2.09. The Hall–Kier alpha value is -2.97. The van der Waals surface area contributed by atoms with Crippen LogP contribution in [0.25, 0.3) is 0 Å². The Labute approximate surface area is 134 Å². The van der Waals surface area contributed by atoms with E-state index in [-0.39, 0.29) is 6.54 Å². The van der Waals surface area contributed by atoms with E-state index in [1.165, 1.54) is 6.20 Å². The minimum absolute atomic E-state index is 0.0459. The average Bonchev–Trinajstić information content (AvgIpc) is 2.52. The summed E-state index contributed by atoms with van der Waals surface area (Å²) in [6.07, 6.45) is -3.20. The standard InChI is InChI=1S/C15H12F3N3O3/c1-9-2-3-10(7-19-9)8-20-14(22)12-5-4-11(15(16,17)18)6-13(12)21(23)24/h2-7H,8H2,1H3,(H,20,22). The molecule has 0 aliphatic carbocycles. The molecule has 1 aromatic heterocycles. The number of carbonyl (C=O) groups excluding carboxylic acids is 1. The fraction of sp³-hybridized carbons (Fsp3) is 0.200. The van der Waals surface area contributed by atoms with Gasteiger partial charge in [0.05, 0.1) is 10.5 Å². The molecule has 0 saturated carbocycles. The van der Waals surface area contributed by atoms with Crippen LogP contribution < -0.4 is 5.32 Å². The number of benzene rings is 1. The third-order valence-corrected chi connectivity index (χ3v) is 3.19. The lowest BCUT2D eigenvalue weighted by Crippen LogP contribution is -2.24. The lowest BCUT2D eigenvalue weighted by molar-refractivity contribution is -0.385. The van der Waals surface area contributed by atoms with Gasteiger partial charge < -0.3 is 5.32 Å². The quantitative estimate of drug-likeness (QED) is 0.684. The van der Waals surface area contributed by atoms with Crippen molar-refractivity contribution in [2.45, 2.75) is 19.6 Å². The smallest absolute Gasteiger partial charge is 0.348 e. The first kappa shape index (κ1) is 17.4. The summed E-state index contributed by atoms with van der Waals surface area (Å²) in [5.41, 5.74) is -1.09. The topological polar surface area (TPSA) is 85.1 Å². The molecule has 126 valence electrons. The minimum atomic E-state index is -4.73. The number of amides is 1. The molecule has 1 amide bonds. The average molecular weight is 339 g/mol. The van der Waals surface area contributed by atoms with Crippen molar-refractivity contribution < 1.29 is 22.9 Å². The van der Waals surface area contributed by atoms with Crippen LogP contribution in [0.5, 0.6) is 0 Å². The first-order chi connectivity index (χ1) is 11.2. The second-order valence-electron chi connectivity index (χ2n) is 4.98. The van der Waals surface area contributed by atoms with Crippen LogP contribution >= 0.6 is 0 Å². The highest BCUT2D eigenvalue weighted by Gasteiger charge is 2.33. The van der Waals surface area contributed by atoms with E-state index >= 15 is 0 Å². The molecule has 0 atom stereocenters. The molecule has 0 spiro atoms. The molecule has 0 unspecified atom stereocenters. The van der Waals surface area contributed by atoms with E-state index in [0.717, 1.165) is 11.8 Å². The molecular weight excluding hydrogens is 327 g/mol. The second-order valence-corrected chi connectivity index (χ2v) is 4.98. The van der Waals surface area contributed by atoms with Gasteiger partial charge in [-0.2, -0.15) is 13.2 Å². The lowest BCUT2D eigenvalue weighted by atomic mass is 10.1. The molecule has 0 radical (unpaired) electrons. The molecule has 2 rings (SSSR count). The number of nitrogens with zero attached hydrogens (tertiary/aromatic N) is 2. The molecule has 0 saturated heterocycles. The predicted octanol–water partition coefficient (Wildman–Crippen LogP) is 3.25. The number of nitrogens with one attached hydrogen (secondary N) is 1. The summed E-state index contributed by atoms with van der Waals surface area (Å²) < 4.78 is 37.9. The third-order valence-electron chi connectivity index (χ3n) is 3.19. The summed E-state index contributed by atoms with van der Waals surface area (Å²) in [5.74, 6) is -0.837. The molecule has 0 fully saturated rings. The van der Waals surface area contributed by atoms with Crippen molar-refractivity contribution in [3.8, 4) is 0 Å². The highest BCUT2D eigenvalue weighted by molar-refractivity contribution is 5.98. The summed E-state index contributed by atoms with van der Waals surface area (Å²) >= 11 is 0. The van der Waals surface area contributed by atoms with Crippen molar-refractivity contribution in [1.29, 1.82) is 0 Å². The van der Waals surface area contributed by atoms with Gasteiger partial charge in [0.15, 0.2) is 0 Å². The number of nitro groups is 1. The Morgan fingerprint density at radius 1 is 1.29 bits per heavy atom. The van der Waals surface area contributed by atoms with Crippen LogP contribution in [0, 0.1) is 17.0 Å². The molecule has 9 heteroatoms. The number of nitro benzene ring substituents is 1. The number of aromatic nitrogens is 1. The first-order valence-corrected chi connectivity index (χ1v) is 6.74. The van der Waals surface area contributed by atoms with Gasteiger partial charge in [-0.25, -0.2) is 0 Å². The Balaban J connectivity index is 2.22. The zero-order valence-electron chi connectivity index (χ0n) is 12.4. The first-order valence-electron chi connectivity index (χ1n) is 6.74. The van der Waals surface area contributed by atoms with Crippen molar-refractivity contribution in [3.05, 3.63) is 69.0 Å². The Kier molecular flexibility index (Phi) is 4.82. The number of hydrogen-bond donors (Lipinski definition) is 1. The zero-order valence-corrected chi connectivity index (χ0v) is 12.4. The number of halogens is 3. The van der Waals surface area contributed by atoms with Gasteiger partial charge in [-0.15, -0.1) is 0 Å². The molecule has 1 aromatic carbocycles. The molecular formula is C15H12F3N3O3. The van der Waals surface area contributed by atoms with E-state index in [1.54, 1.807) is 19.1 Å². The van der Waals surface area contributed by atoms with Gasteiger partial charge in [-0.05, 0) is 30.7 Å². The molecule has 24 heavy (non-hydrogen) atoms. The van der Waals surface area contributed by atoms with Gasteiger partial charge >= 0.3 is 6.18 Å². The Morgan fingerprint density at radius 2 is 2.00 bits per heavy atom. The maximum Gasteiger partial charge on any atom is 0.416 e. The van der Waals surface area contributed by atoms with Gasteiger partial charge in [-0.1, -0.05) is 6.07 Å². The maximum absolute atomic E-state index is 12.6. The van der Waals surface area contributed by atoms with Crippen LogP contribution in [-0.4, -0.2) is 15.8 Å². The summed E-state index contributed by atoms with van der Waals surface area (Å²) in [6.45, 7) is 1.83. The summed E-state index contributed by atoms with van der Waals surface area (Å²) in [4.78, 5) is 26.0. The van der Waals surface area contributed by atoms with Crippen molar-refractivity contribution in [1.82, 2.24) is 10.3 Å². The van der Waals surface area contributed by atoms with E-state index in [0.29, 0.717) is 17.7 Å². The van der Waals surface area contributed by atoms with Gasteiger partial charge in [0, 0.05) is 24.5 Å². The number of pyridine rings is 1. The molecule has 2 aromatic rings. The van der Waals surface area contributed by atoms with E-state index in [1.807, 2.05) is 0 Å². The highest BCUT2D eigenvalue weighted by atomic mass is 19.4. The summed E-state index contributed by atoms with van der Waals surface area (Å²) in [5, 5.41) is 13.4. The number of alkyl halides is 3. The van der Waals surface area contributed by atoms with E-state index in [9.17, 15) is 28.1 Å². The number of hydrogen-bond acceptors (Lipinski definition) is 4. The minimum Gasteiger partial charge on any atom is -0.348 e. The van der Waals surface area contributed by atoms with Crippen LogP contribution in [0.1, 0.15) is 27.2 Å². The van der Waals surface area contributed by atoms with Crippen molar-refractivity contribution in [2.24, 2.45) is 0 Å². The summed E-state index contributed by atoms with van der Waals surface area (Å²) in [7, 11) is 0. The number of carbonyl (C=O) groups is 1. The van der Waals surface area contributed by atoms with Gasteiger partial charge in [0.2, 0.25) is 0 Å². The third kappa shape index (κ3) is 4.06. The van der Waals surface area contributed by atoms with E-state index < -0.39 is 33.8 Å². The molecule has 0 aliphatic heterocycles. The number of rotatable bonds is 4. The zero-order chi connectivity index (χ0) is 17.9. The predicted molar refractivity (Wildman–Crippen MR) is 78.2 cm³/mol. The Bertz CT molecular complexity index is 774. The largest absolute Gasteiger partial charge is 0.416 e. The van der Waals surface area contributed by atoms with Crippen LogP contribution in [0.3, 0.4) is 0 Å². The van der Waals surface area contributed by atoms with Crippen LogP contribution in [0.15, 0.2) is 36.5 Å². The van der Waals surface area contributed by atoms with Crippen molar-refractivity contribution in [2.75, 3.05) is 0 Å². The van der Waals surface area contributed by atoms with Crippen molar-refractivity contribution >= 4 is 11.6 Å².